The van der Waals surface area contributed by atoms with E-state index in [2.05, 4.69) is 28.4 Å². The van der Waals surface area contributed by atoms with Crippen molar-refractivity contribution in [3.05, 3.63) is 18.2 Å². The lowest BCUT2D eigenvalue weighted by Crippen LogP contribution is -2.56. The molecule has 1 saturated heterocycles. The van der Waals surface area contributed by atoms with Crippen molar-refractivity contribution in [1.82, 2.24) is 14.5 Å². The molecule has 3 atom stereocenters. The molecule has 0 unspecified atom stereocenters. The van der Waals surface area contributed by atoms with E-state index in [1.54, 1.807) is 14.2 Å². The number of methoxy groups -OCH3 is 2. The number of aromatic nitrogens is 2. The second-order valence-electron chi connectivity index (χ2n) is 5.53. The van der Waals surface area contributed by atoms with Gasteiger partial charge in [0.2, 0.25) is 0 Å². The van der Waals surface area contributed by atoms with Crippen molar-refractivity contribution >= 4 is 0 Å². The molecule has 6 nitrogen and oxygen atoms in total. The Bertz CT molecular complexity index is 424. The number of ether oxygens (including phenoxy) is 3. The fraction of sp³-hybridized carbons (Fsp3) is 0.800. The van der Waals surface area contributed by atoms with Crippen LogP contribution in [0.15, 0.2) is 12.4 Å². The third kappa shape index (κ3) is 3.83. The maximum absolute atomic E-state index is 5.66. The molecule has 0 radical (unpaired) electrons. The molecule has 2 heterocycles. The summed E-state index contributed by atoms with van der Waals surface area (Å²) >= 11 is 0. The van der Waals surface area contributed by atoms with Crippen LogP contribution in [0.2, 0.25) is 0 Å². The molecule has 0 amide bonds. The van der Waals surface area contributed by atoms with Crippen molar-refractivity contribution < 1.29 is 14.2 Å². The average molecular weight is 297 g/mol. The van der Waals surface area contributed by atoms with E-state index >= 15 is 0 Å². The van der Waals surface area contributed by atoms with E-state index in [0.29, 0.717) is 13.2 Å². The zero-order valence-corrected chi connectivity index (χ0v) is 13.5. The molecule has 1 aliphatic rings. The van der Waals surface area contributed by atoms with Gasteiger partial charge >= 0.3 is 0 Å². The lowest BCUT2D eigenvalue weighted by molar-refractivity contribution is -0.154. The number of hydrogen-bond donors (Lipinski definition) is 0. The van der Waals surface area contributed by atoms with Crippen molar-refractivity contribution in [3.63, 3.8) is 0 Å². The summed E-state index contributed by atoms with van der Waals surface area (Å²) < 4.78 is 19.0. The molecule has 0 bridgehead atoms. The number of imidazole rings is 1. The molecule has 1 aliphatic heterocycles. The summed E-state index contributed by atoms with van der Waals surface area (Å²) in [6.45, 7) is 5.19. The molecule has 0 N–H and O–H groups in total. The SMILES string of the molecule is CCCn1ccnc1CN(C)[C@@H]1COC[C@@H](OC)[C@H]1OC. The van der Waals surface area contributed by atoms with Crippen LogP contribution in [0.5, 0.6) is 0 Å². The Morgan fingerprint density at radius 3 is 2.86 bits per heavy atom. The van der Waals surface area contributed by atoms with Crippen molar-refractivity contribution in [2.24, 2.45) is 0 Å². The topological polar surface area (TPSA) is 48.8 Å². The number of hydrogen-bond acceptors (Lipinski definition) is 5. The van der Waals surface area contributed by atoms with Gasteiger partial charge in [0.15, 0.2) is 0 Å². The Labute approximate surface area is 127 Å². The third-order valence-corrected chi connectivity index (χ3v) is 4.11. The quantitative estimate of drug-likeness (QED) is 0.756. The highest BCUT2D eigenvalue weighted by Gasteiger charge is 2.37. The molecule has 2 rings (SSSR count). The van der Waals surface area contributed by atoms with Crippen LogP contribution in [0.1, 0.15) is 19.2 Å². The molecule has 21 heavy (non-hydrogen) atoms. The largest absolute Gasteiger partial charge is 0.377 e. The summed E-state index contributed by atoms with van der Waals surface area (Å²) in [6.07, 6.45) is 5.00. The Hall–Kier alpha value is -0.950. The summed E-state index contributed by atoms with van der Waals surface area (Å²) in [5, 5.41) is 0. The van der Waals surface area contributed by atoms with E-state index in [0.717, 1.165) is 25.3 Å². The molecule has 0 saturated carbocycles. The van der Waals surface area contributed by atoms with Gasteiger partial charge in [0, 0.05) is 33.2 Å². The van der Waals surface area contributed by atoms with Gasteiger partial charge in [0.25, 0.3) is 0 Å². The highest BCUT2D eigenvalue weighted by molar-refractivity contribution is 4.95. The Morgan fingerprint density at radius 2 is 2.19 bits per heavy atom. The Balaban J connectivity index is 2.04. The Morgan fingerprint density at radius 1 is 1.38 bits per heavy atom. The van der Waals surface area contributed by atoms with Crippen LogP contribution in [-0.4, -0.2) is 67.2 Å². The highest BCUT2D eigenvalue weighted by atomic mass is 16.6. The van der Waals surface area contributed by atoms with Crippen molar-refractivity contribution in [2.45, 2.75) is 44.7 Å². The van der Waals surface area contributed by atoms with Crippen LogP contribution >= 0.6 is 0 Å². The first-order valence-electron chi connectivity index (χ1n) is 7.54. The van der Waals surface area contributed by atoms with E-state index in [9.17, 15) is 0 Å². The van der Waals surface area contributed by atoms with Gasteiger partial charge in [-0.15, -0.1) is 0 Å². The molecular formula is C15H27N3O3. The number of rotatable bonds is 7. The molecular weight excluding hydrogens is 270 g/mol. The highest BCUT2D eigenvalue weighted by Crippen LogP contribution is 2.20. The first-order chi connectivity index (χ1) is 10.2. The van der Waals surface area contributed by atoms with Gasteiger partial charge in [0.05, 0.1) is 25.8 Å². The van der Waals surface area contributed by atoms with E-state index in [1.807, 2.05) is 12.4 Å². The van der Waals surface area contributed by atoms with Crippen LogP contribution in [0.25, 0.3) is 0 Å². The van der Waals surface area contributed by atoms with Gasteiger partial charge < -0.3 is 18.8 Å². The van der Waals surface area contributed by atoms with Gasteiger partial charge in [-0.25, -0.2) is 4.98 Å². The summed E-state index contributed by atoms with van der Waals surface area (Å²) in [7, 11) is 5.53. The molecule has 0 spiro atoms. The molecule has 1 fully saturated rings. The molecule has 0 aliphatic carbocycles. The second kappa shape index (κ2) is 7.89. The van der Waals surface area contributed by atoms with Gasteiger partial charge in [-0.05, 0) is 13.5 Å². The normalized spacial score (nSPS) is 26.4. The van der Waals surface area contributed by atoms with Crippen LogP contribution in [0.4, 0.5) is 0 Å². The van der Waals surface area contributed by atoms with Crippen LogP contribution in [0, 0.1) is 0 Å². The zero-order valence-electron chi connectivity index (χ0n) is 13.5. The predicted octanol–water partition coefficient (Wildman–Crippen LogP) is 1.15. The summed E-state index contributed by atoms with van der Waals surface area (Å²) in [5.41, 5.74) is 0. The first-order valence-corrected chi connectivity index (χ1v) is 7.54. The average Bonchev–Trinajstić information content (AvgIpc) is 2.93. The van der Waals surface area contributed by atoms with Gasteiger partial charge in [-0.2, -0.15) is 0 Å². The fourth-order valence-electron chi connectivity index (χ4n) is 2.91. The monoisotopic (exact) mass is 297 g/mol. The number of likely N-dealkylation sites (N-methyl/N-ethyl adjacent to an activating group) is 1. The second-order valence-corrected chi connectivity index (χ2v) is 5.53. The molecule has 1 aromatic rings. The van der Waals surface area contributed by atoms with E-state index in [-0.39, 0.29) is 18.2 Å². The standard InChI is InChI=1S/C15H27N3O3/c1-5-7-18-8-6-16-14(18)9-17(2)12-10-21-11-13(19-3)15(12)20-4/h6,8,12-13,15H,5,7,9-11H2,1-4H3/t12-,13-,15+/m1/s1. The van der Waals surface area contributed by atoms with Crippen molar-refractivity contribution in [2.75, 3.05) is 34.5 Å². The van der Waals surface area contributed by atoms with Crippen LogP contribution in [-0.2, 0) is 27.3 Å². The van der Waals surface area contributed by atoms with Gasteiger partial charge in [-0.1, -0.05) is 6.92 Å². The fourth-order valence-corrected chi connectivity index (χ4v) is 2.91. The maximum Gasteiger partial charge on any atom is 0.122 e. The summed E-state index contributed by atoms with van der Waals surface area (Å²) in [4.78, 5) is 6.71. The van der Waals surface area contributed by atoms with Crippen molar-refractivity contribution in [1.29, 1.82) is 0 Å². The minimum atomic E-state index is -0.0217. The summed E-state index contributed by atoms with van der Waals surface area (Å²) in [5.74, 6) is 1.08. The molecule has 0 aromatic carbocycles. The third-order valence-electron chi connectivity index (χ3n) is 4.11. The number of nitrogens with zero attached hydrogens (tertiary/aromatic N) is 3. The zero-order chi connectivity index (χ0) is 15.2. The van der Waals surface area contributed by atoms with E-state index < -0.39 is 0 Å². The van der Waals surface area contributed by atoms with Crippen LogP contribution in [0.3, 0.4) is 0 Å². The molecule has 6 heteroatoms. The lowest BCUT2D eigenvalue weighted by atomic mass is 10.0. The van der Waals surface area contributed by atoms with Gasteiger partial charge in [-0.3, -0.25) is 4.90 Å². The molecule has 120 valence electrons. The van der Waals surface area contributed by atoms with Crippen molar-refractivity contribution in [3.8, 4) is 0 Å². The summed E-state index contributed by atoms with van der Waals surface area (Å²) in [6, 6.07) is 0.167. The maximum atomic E-state index is 5.66. The smallest absolute Gasteiger partial charge is 0.122 e. The minimum absolute atomic E-state index is 0.0170. The lowest BCUT2D eigenvalue weighted by Gasteiger charge is -2.40. The van der Waals surface area contributed by atoms with Crippen LogP contribution < -0.4 is 0 Å². The Kier molecular flexibility index (Phi) is 6.17. The van der Waals surface area contributed by atoms with E-state index in [1.165, 1.54) is 0 Å². The first kappa shape index (κ1) is 16.4. The van der Waals surface area contributed by atoms with Gasteiger partial charge in [0.1, 0.15) is 18.0 Å². The molecule has 1 aromatic heterocycles. The number of aryl methyl sites for hydroxylation is 1. The predicted molar refractivity (Wildman–Crippen MR) is 80.2 cm³/mol. The van der Waals surface area contributed by atoms with E-state index in [4.69, 9.17) is 14.2 Å². The minimum Gasteiger partial charge on any atom is -0.377 e.